The third-order valence-corrected chi connectivity index (χ3v) is 4.80. The van der Waals surface area contributed by atoms with Crippen molar-refractivity contribution >= 4 is 46.3 Å². The Kier molecular flexibility index (Phi) is 5.48. The zero-order valence-electron chi connectivity index (χ0n) is 10.4. The van der Waals surface area contributed by atoms with E-state index in [2.05, 4.69) is 5.32 Å². The molecule has 6 heteroatoms. The van der Waals surface area contributed by atoms with Crippen LogP contribution in [0.5, 0.6) is 0 Å². The van der Waals surface area contributed by atoms with Gasteiger partial charge in [-0.25, -0.2) is 0 Å². The standard InChI is InChI=1S/C14H11ClN2OS2/c15-13-6-5-12(20-13)8-19-9-14(18)17-11-3-1-10(7-16)2-4-11/h1-6H,8-9H2,(H,17,18). The van der Waals surface area contributed by atoms with E-state index in [0.717, 1.165) is 15.0 Å². The number of nitriles is 1. The smallest absolute Gasteiger partial charge is 0.234 e. The fourth-order valence-corrected chi connectivity index (χ4v) is 3.52. The van der Waals surface area contributed by atoms with E-state index in [1.807, 2.05) is 18.2 Å². The summed E-state index contributed by atoms with van der Waals surface area (Å²) in [6, 6.07) is 12.7. The molecule has 1 N–H and O–H groups in total. The molecule has 0 aliphatic carbocycles. The molecule has 1 aromatic carbocycles. The fourth-order valence-electron chi connectivity index (χ4n) is 1.50. The molecule has 2 rings (SSSR count). The van der Waals surface area contributed by atoms with Crippen molar-refractivity contribution in [3.05, 3.63) is 51.2 Å². The molecule has 0 unspecified atom stereocenters. The van der Waals surface area contributed by atoms with E-state index in [0.29, 0.717) is 17.0 Å². The van der Waals surface area contributed by atoms with Gasteiger partial charge in [-0.1, -0.05) is 11.6 Å². The zero-order valence-corrected chi connectivity index (χ0v) is 12.8. The Morgan fingerprint density at radius 1 is 1.30 bits per heavy atom. The van der Waals surface area contributed by atoms with E-state index in [4.69, 9.17) is 16.9 Å². The van der Waals surface area contributed by atoms with Crippen molar-refractivity contribution in [3.8, 4) is 6.07 Å². The number of carbonyl (C=O) groups is 1. The highest BCUT2D eigenvalue weighted by Crippen LogP contribution is 2.25. The summed E-state index contributed by atoms with van der Waals surface area (Å²) in [4.78, 5) is 12.9. The second-order valence-corrected chi connectivity index (χ2v) is 6.72. The Hall–Kier alpha value is -1.48. The minimum absolute atomic E-state index is 0.0534. The first kappa shape index (κ1) is 14.9. The van der Waals surface area contributed by atoms with E-state index in [-0.39, 0.29) is 5.91 Å². The molecule has 0 saturated carbocycles. The van der Waals surface area contributed by atoms with Gasteiger partial charge in [0.1, 0.15) is 0 Å². The van der Waals surface area contributed by atoms with Gasteiger partial charge in [-0.2, -0.15) is 5.26 Å². The normalized spacial score (nSPS) is 10.0. The molecule has 1 aromatic heterocycles. The van der Waals surface area contributed by atoms with Crippen LogP contribution in [0.4, 0.5) is 5.69 Å². The number of amides is 1. The lowest BCUT2D eigenvalue weighted by molar-refractivity contribution is -0.113. The van der Waals surface area contributed by atoms with Crippen LogP contribution in [0.25, 0.3) is 0 Å². The number of hydrogen-bond acceptors (Lipinski definition) is 4. The Bertz CT molecular complexity index is 631. The van der Waals surface area contributed by atoms with Crippen LogP contribution < -0.4 is 5.32 Å². The third-order valence-electron chi connectivity index (χ3n) is 2.40. The van der Waals surface area contributed by atoms with E-state index >= 15 is 0 Å². The number of hydrogen-bond donors (Lipinski definition) is 1. The summed E-state index contributed by atoms with van der Waals surface area (Å²) in [5.41, 5.74) is 1.28. The van der Waals surface area contributed by atoms with Crippen molar-refractivity contribution in [2.45, 2.75) is 5.75 Å². The monoisotopic (exact) mass is 322 g/mol. The maximum atomic E-state index is 11.7. The van der Waals surface area contributed by atoms with E-state index in [1.54, 1.807) is 36.0 Å². The predicted molar refractivity (Wildman–Crippen MR) is 85.3 cm³/mol. The summed E-state index contributed by atoms with van der Waals surface area (Å²) in [6.45, 7) is 0. The number of nitrogens with zero attached hydrogens (tertiary/aromatic N) is 1. The molecule has 2 aromatic rings. The summed E-state index contributed by atoms with van der Waals surface area (Å²) in [5.74, 6) is 1.11. The zero-order chi connectivity index (χ0) is 14.4. The van der Waals surface area contributed by atoms with Crippen molar-refractivity contribution in [2.75, 3.05) is 11.1 Å². The second kappa shape index (κ2) is 7.34. The molecule has 0 saturated heterocycles. The lowest BCUT2D eigenvalue weighted by Crippen LogP contribution is -2.14. The molecule has 0 atom stereocenters. The molecular weight excluding hydrogens is 312 g/mol. The van der Waals surface area contributed by atoms with Crippen molar-refractivity contribution < 1.29 is 4.79 Å². The molecule has 0 radical (unpaired) electrons. The second-order valence-electron chi connectivity index (χ2n) is 3.94. The van der Waals surface area contributed by atoms with Crippen molar-refractivity contribution in [2.24, 2.45) is 0 Å². The van der Waals surface area contributed by atoms with Crippen LogP contribution in [0, 0.1) is 11.3 Å². The summed E-state index contributed by atoms with van der Waals surface area (Å²) >= 11 is 8.91. The molecule has 0 fully saturated rings. The number of halogens is 1. The van der Waals surface area contributed by atoms with Crippen LogP contribution in [0.2, 0.25) is 4.34 Å². The summed E-state index contributed by atoms with van der Waals surface area (Å²) < 4.78 is 0.766. The van der Waals surface area contributed by atoms with Gasteiger partial charge in [-0.05, 0) is 36.4 Å². The van der Waals surface area contributed by atoms with Gasteiger partial charge in [0, 0.05) is 16.3 Å². The first-order valence-corrected chi connectivity index (χ1v) is 8.14. The van der Waals surface area contributed by atoms with Gasteiger partial charge in [0.25, 0.3) is 0 Å². The number of carbonyl (C=O) groups excluding carboxylic acids is 1. The van der Waals surface area contributed by atoms with Crippen LogP contribution in [0.1, 0.15) is 10.4 Å². The van der Waals surface area contributed by atoms with Crippen LogP contribution in [0.15, 0.2) is 36.4 Å². The van der Waals surface area contributed by atoms with Gasteiger partial charge in [-0.15, -0.1) is 23.1 Å². The highest BCUT2D eigenvalue weighted by atomic mass is 35.5. The van der Waals surface area contributed by atoms with Gasteiger partial charge in [0.2, 0.25) is 5.91 Å². The molecule has 0 aliphatic rings. The number of anilines is 1. The molecule has 1 amide bonds. The molecule has 1 heterocycles. The van der Waals surface area contributed by atoms with Gasteiger partial charge in [0.15, 0.2) is 0 Å². The van der Waals surface area contributed by atoms with Gasteiger partial charge in [-0.3, -0.25) is 4.79 Å². The fraction of sp³-hybridized carbons (Fsp3) is 0.143. The van der Waals surface area contributed by atoms with Gasteiger partial charge < -0.3 is 5.32 Å². The van der Waals surface area contributed by atoms with Crippen molar-refractivity contribution in [1.29, 1.82) is 5.26 Å². The maximum absolute atomic E-state index is 11.7. The van der Waals surface area contributed by atoms with E-state index in [1.165, 1.54) is 11.3 Å². The molecule has 102 valence electrons. The van der Waals surface area contributed by atoms with Gasteiger partial charge in [0.05, 0.1) is 21.7 Å². The largest absolute Gasteiger partial charge is 0.325 e. The molecule has 0 spiro atoms. The van der Waals surface area contributed by atoms with Gasteiger partial charge >= 0.3 is 0 Å². The molecular formula is C14H11ClN2OS2. The quantitative estimate of drug-likeness (QED) is 0.899. The van der Waals surface area contributed by atoms with Crippen LogP contribution >= 0.6 is 34.7 Å². The molecule has 3 nitrogen and oxygen atoms in total. The molecule has 20 heavy (non-hydrogen) atoms. The lowest BCUT2D eigenvalue weighted by atomic mass is 10.2. The van der Waals surface area contributed by atoms with Crippen LogP contribution in [-0.2, 0) is 10.5 Å². The SMILES string of the molecule is N#Cc1ccc(NC(=O)CSCc2ccc(Cl)s2)cc1. The summed E-state index contributed by atoms with van der Waals surface area (Å²) in [5, 5.41) is 11.5. The number of thioether (sulfide) groups is 1. The number of nitrogens with one attached hydrogen (secondary N) is 1. The third kappa shape index (κ3) is 4.57. The topological polar surface area (TPSA) is 52.9 Å². The number of rotatable bonds is 5. The first-order chi connectivity index (χ1) is 9.67. The van der Waals surface area contributed by atoms with Crippen molar-refractivity contribution in [1.82, 2.24) is 0 Å². The summed E-state index contributed by atoms with van der Waals surface area (Å²) in [6.07, 6.45) is 0. The van der Waals surface area contributed by atoms with E-state index in [9.17, 15) is 4.79 Å². The average Bonchev–Trinajstić information content (AvgIpc) is 2.85. The van der Waals surface area contributed by atoms with Crippen LogP contribution in [0.3, 0.4) is 0 Å². The first-order valence-electron chi connectivity index (χ1n) is 5.79. The Labute approximate surface area is 130 Å². The number of benzene rings is 1. The highest BCUT2D eigenvalue weighted by Gasteiger charge is 2.04. The summed E-state index contributed by atoms with van der Waals surface area (Å²) in [7, 11) is 0. The highest BCUT2D eigenvalue weighted by molar-refractivity contribution is 7.99. The van der Waals surface area contributed by atoms with Crippen LogP contribution in [-0.4, -0.2) is 11.7 Å². The lowest BCUT2D eigenvalue weighted by Gasteiger charge is -2.04. The minimum atomic E-state index is -0.0534. The Balaban J connectivity index is 1.76. The molecule has 0 aliphatic heterocycles. The van der Waals surface area contributed by atoms with E-state index < -0.39 is 0 Å². The predicted octanol–water partition coefficient (Wildman–Crippen LogP) is 4.15. The Morgan fingerprint density at radius 3 is 2.65 bits per heavy atom. The average molecular weight is 323 g/mol. The number of thiophene rings is 1. The Morgan fingerprint density at radius 2 is 2.05 bits per heavy atom. The van der Waals surface area contributed by atoms with Crippen molar-refractivity contribution in [3.63, 3.8) is 0 Å². The maximum Gasteiger partial charge on any atom is 0.234 e. The molecule has 0 bridgehead atoms. The minimum Gasteiger partial charge on any atom is -0.325 e.